The van der Waals surface area contributed by atoms with E-state index in [-0.39, 0.29) is 0 Å². The lowest BCUT2D eigenvalue weighted by Gasteiger charge is -1.97. The topological polar surface area (TPSA) is 0 Å². The molecule has 0 saturated carbocycles. The molecule has 0 rings (SSSR count). The number of rotatable bonds is 5. The Morgan fingerprint density at radius 2 is 1.47 bits per heavy atom. The standard InChI is InChI=1S/C17H22/c1-4-7-10-13-16-17(14-11-8-5-2)15-12-9-6-3/h5-6,8-9,11-17H,4H2,1-3H3/b8-5+,9-6+,14-11+,15-12+,16-13+. The first-order valence-corrected chi connectivity index (χ1v) is 6.09. The van der Waals surface area contributed by atoms with E-state index in [1.807, 2.05) is 44.2 Å². The van der Waals surface area contributed by atoms with Crippen LogP contribution < -0.4 is 0 Å². The highest BCUT2D eigenvalue weighted by molar-refractivity contribution is 5.22. The summed E-state index contributed by atoms with van der Waals surface area (Å²) in [5.74, 6) is 6.34. The van der Waals surface area contributed by atoms with Gasteiger partial charge >= 0.3 is 0 Å². The van der Waals surface area contributed by atoms with Gasteiger partial charge in [-0.05, 0) is 19.9 Å². The van der Waals surface area contributed by atoms with Gasteiger partial charge in [-0.1, -0.05) is 73.4 Å². The molecule has 90 valence electrons. The van der Waals surface area contributed by atoms with Crippen molar-refractivity contribution in [2.24, 2.45) is 5.92 Å². The van der Waals surface area contributed by atoms with Crippen molar-refractivity contribution in [1.82, 2.24) is 0 Å². The first kappa shape index (κ1) is 15.3. The molecule has 0 aliphatic heterocycles. The molecule has 0 aromatic carbocycles. The predicted molar refractivity (Wildman–Crippen MR) is 78.6 cm³/mol. The second-order valence-electron chi connectivity index (χ2n) is 3.43. The van der Waals surface area contributed by atoms with Crippen molar-refractivity contribution < 1.29 is 0 Å². The van der Waals surface area contributed by atoms with Crippen molar-refractivity contribution in [2.75, 3.05) is 0 Å². The fraction of sp³-hybridized carbons (Fsp3) is 0.294. The molecule has 0 heteroatoms. The van der Waals surface area contributed by atoms with E-state index in [1.54, 1.807) is 0 Å². The summed E-state index contributed by atoms with van der Waals surface area (Å²) in [5.41, 5.74) is 0. The van der Waals surface area contributed by atoms with E-state index in [0.29, 0.717) is 5.92 Å². The average Bonchev–Trinajstić information content (AvgIpc) is 2.34. The van der Waals surface area contributed by atoms with E-state index < -0.39 is 0 Å². The van der Waals surface area contributed by atoms with Gasteiger partial charge < -0.3 is 0 Å². The zero-order chi connectivity index (χ0) is 12.8. The Kier molecular flexibility index (Phi) is 11.1. The van der Waals surface area contributed by atoms with Gasteiger partial charge in [0.1, 0.15) is 0 Å². The minimum absolute atomic E-state index is 0.300. The summed E-state index contributed by atoms with van der Waals surface area (Å²) in [5, 5.41) is 0. The third-order valence-corrected chi connectivity index (χ3v) is 1.95. The van der Waals surface area contributed by atoms with Crippen molar-refractivity contribution in [2.45, 2.75) is 27.2 Å². The summed E-state index contributed by atoms with van der Waals surface area (Å²) in [6.45, 7) is 6.07. The van der Waals surface area contributed by atoms with Gasteiger partial charge in [0.25, 0.3) is 0 Å². The molecule has 0 heterocycles. The normalized spacial score (nSPS) is 12.7. The Bertz CT molecular complexity index is 343. The first-order valence-electron chi connectivity index (χ1n) is 6.09. The van der Waals surface area contributed by atoms with E-state index >= 15 is 0 Å². The molecular formula is C17H22. The molecule has 17 heavy (non-hydrogen) atoms. The second kappa shape index (κ2) is 12.3. The fourth-order valence-electron chi connectivity index (χ4n) is 1.12. The number of hydrogen-bond donors (Lipinski definition) is 0. The molecule has 0 bridgehead atoms. The van der Waals surface area contributed by atoms with Crippen molar-refractivity contribution in [3.05, 3.63) is 60.8 Å². The maximum atomic E-state index is 3.03. The Morgan fingerprint density at radius 3 is 1.94 bits per heavy atom. The molecular weight excluding hydrogens is 204 g/mol. The SMILES string of the molecule is C/C=C/C=C/C(/C=C/C#CCC)/C=C/C=C/C. The zero-order valence-corrected chi connectivity index (χ0v) is 11.1. The van der Waals surface area contributed by atoms with Gasteiger partial charge in [0.15, 0.2) is 0 Å². The molecule has 0 fully saturated rings. The van der Waals surface area contributed by atoms with Gasteiger partial charge in [0.2, 0.25) is 0 Å². The van der Waals surface area contributed by atoms with Crippen LogP contribution >= 0.6 is 0 Å². The summed E-state index contributed by atoms with van der Waals surface area (Å²) >= 11 is 0. The summed E-state index contributed by atoms with van der Waals surface area (Å²) in [4.78, 5) is 0. The molecule has 0 aliphatic carbocycles. The lowest BCUT2D eigenvalue weighted by molar-refractivity contribution is 1.07. The molecule has 0 atom stereocenters. The number of allylic oxidation sites excluding steroid dienone is 10. The van der Waals surface area contributed by atoms with Gasteiger partial charge in [-0.25, -0.2) is 0 Å². The Balaban J connectivity index is 4.54. The fourth-order valence-corrected chi connectivity index (χ4v) is 1.12. The summed E-state index contributed by atoms with van der Waals surface area (Å²) in [6.07, 6.45) is 21.4. The zero-order valence-electron chi connectivity index (χ0n) is 11.1. The van der Waals surface area contributed by atoms with Crippen molar-refractivity contribution in [3.8, 4) is 11.8 Å². The van der Waals surface area contributed by atoms with E-state index in [0.717, 1.165) is 6.42 Å². The minimum atomic E-state index is 0.300. The summed E-state index contributed by atoms with van der Waals surface area (Å²) in [7, 11) is 0. The van der Waals surface area contributed by atoms with Crippen LogP contribution in [0.4, 0.5) is 0 Å². The molecule has 0 amide bonds. The van der Waals surface area contributed by atoms with Gasteiger partial charge in [-0.15, -0.1) is 0 Å². The lowest BCUT2D eigenvalue weighted by atomic mass is 10.1. The van der Waals surface area contributed by atoms with Crippen LogP contribution in [-0.4, -0.2) is 0 Å². The van der Waals surface area contributed by atoms with Crippen LogP contribution in [0.3, 0.4) is 0 Å². The smallest absolute Gasteiger partial charge is 0.0142 e. The van der Waals surface area contributed by atoms with E-state index in [2.05, 4.69) is 49.1 Å². The monoisotopic (exact) mass is 226 g/mol. The van der Waals surface area contributed by atoms with Gasteiger partial charge in [0, 0.05) is 12.3 Å². The van der Waals surface area contributed by atoms with Gasteiger partial charge in [-0.3, -0.25) is 0 Å². The maximum Gasteiger partial charge on any atom is 0.0142 e. The van der Waals surface area contributed by atoms with E-state index in [4.69, 9.17) is 0 Å². The Hall–Kier alpha value is -1.74. The molecule has 0 aromatic heterocycles. The molecule has 0 spiro atoms. The third kappa shape index (κ3) is 10.5. The highest BCUT2D eigenvalue weighted by atomic mass is 14.0. The van der Waals surface area contributed by atoms with Gasteiger partial charge in [0.05, 0.1) is 0 Å². The highest BCUT2D eigenvalue weighted by Crippen LogP contribution is 2.04. The van der Waals surface area contributed by atoms with Crippen LogP contribution in [0.25, 0.3) is 0 Å². The Labute approximate surface area is 106 Å². The van der Waals surface area contributed by atoms with Crippen molar-refractivity contribution >= 4 is 0 Å². The molecule has 0 unspecified atom stereocenters. The highest BCUT2D eigenvalue weighted by Gasteiger charge is 1.90. The predicted octanol–water partition coefficient (Wildman–Crippen LogP) is 4.84. The van der Waals surface area contributed by atoms with E-state index in [9.17, 15) is 0 Å². The summed E-state index contributed by atoms with van der Waals surface area (Å²) in [6, 6.07) is 0. The number of hydrogen-bond acceptors (Lipinski definition) is 0. The molecule has 0 nitrogen and oxygen atoms in total. The molecule has 0 aromatic rings. The van der Waals surface area contributed by atoms with Crippen LogP contribution in [0.1, 0.15) is 27.2 Å². The van der Waals surface area contributed by atoms with Crippen LogP contribution in [0.5, 0.6) is 0 Å². The van der Waals surface area contributed by atoms with Crippen molar-refractivity contribution in [1.29, 1.82) is 0 Å². The molecule has 0 N–H and O–H groups in total. The average molecular weight is 226 g/mol. The molecule has 0 saturated heterocycles. The summed E-state index contributed by atoms with van der Waals surface area (Å²) < 4.78 is 0. The largest absolute Gasteiger partial charge is 0.0988 e. The first-order chi connectivity index (χ1) is 8.35. The Morgan fingerprint density at radius 1 is 0.882 bits per heavy atom. The van der Waals surface area contributed by atoms with Crippen LogP contribution in [-0.2, 0) is 0 Å². The van der Waals surface area contributed by atoms with Crippen LogP contribution in [0.2, 0.25) is 0 Å². The maximum absolute atomic E-state index is 3.03. The second-order valence-corrected chi connectivity index (χ2v) is 3.43. The van der Waals surface area contributed by atoms with Crippen LogP contribution in [0.15, 0.2) is 60.8 Å². The van der Waals surface area contributed by atoms with Crippen LogP contribution in [0, 0.1) is 17.8 Å². The van der Waals surface area contributed by atoms with Crippen molar-refractivity contribution in [3.63, 3.8) is 0 Å². The third-order valence-electron chi connectivity index (χ3n) is 1.95. The lowest BCUT2D eigenvalue weighted by Crippen LogP contribution is -1.84. The quantitative estimate of drug-likeness (QED) is 0.465. The van der Waals surface area contributed by atoms with E-state index in [1.165, 1.54) is 0 Å². The molecule has 0 radical (unpaired) electrons. The van der Waals surface area contributed by atoms with Gasteiger partial charge in [-0.2, -0.15) is 0 Å². The minimum Gasteiger partial charge on any atom is -0.0988 e. The molecule has 0 aliphatic rings.